The number of hydrogen-bond donors (Lipinski definition) is 0. The zero-order valence-corrected chi connectivity index (χ0v) is 15.5. The highest BCUT2D eigenvalue weighted by Crippen LogP contribution is 2.58. The summed E-state index contributed by atoms with van der Waals surface area (Å²) < 4.78 is 11.4. The average molecular weight is 369 g/mol. The van der Waals surface area contributed by atoms with Crippen LogP contribution in [0.25, 0.3) is 0 Å². The topological polar surface area (TPSA) is 55.8 Å². The number of likely N-dealkylation sites (N-methyl/N-ethyl adjacent to an activating group) is 1. The number of carbonyl (C=O) groups excluding carboxylic acids is 2. The molecule has 3 heterocycles. The smallest absolute Gasteiger partial charge is 0.320 e. The normalized spacial score (nSPS) is 27.7. The number of methoxy groups -OCH3 is 1. The summed E-state index contributed by atoms with van der Waals surface area (Å²) in [5.41, 5.74) is 0.133. The lowest BCUT2D eigenvalue weighted by Gasteiger charge is -2.48. The van der Waals surface area contributed by atoms with Gasteiger partial charge in [0, 0.05) is 12.6 Å². The number of anilines is 1. The predicted molar refractivity (Wildman–Crippen MR) is 99.3 cm³/mol. The molecular formula is C20H19NO4S. The quantitative estimate of drug-likeness (QED) is 0.603. The third-order valence-electron chi connectivity index (χ3n) is 5.41. The van der Waals surface area contributed by atoms with Crippen molar-refractivity contribution in [2.45, 2.75) is 17.4 Å². The summed E-state index contributed by atoms with van der Waals surface area (Å²) in [6.07, 6.45) is 0.296. The van der Waals surface area contributed by atoms with Gasteiger partial charge in [-0.3, -0.25) is 9.59 Å². The standard InChI is InChI=1S/C20H19NO4S/c1-13-10-19(18(23)24-3,14-8-9-26-12-14)20(25-11-13)15-6-4-5-7-16(15)21(2)17(20)22/h4-9,12H,1,10-11H2,2-3H3/t19-,20-/m0/s1. The highest BCUT2D eigenvalue weighted by Gasteiger charge is 2.70. The van der Waals surface area contributed by atoms with Crippen molar-refractivity contribution in [1.29, 1.82) is 0 Å². The first-order valence-corrected chi connectivity index (χ1v) is 9.22. The summed E-state index contributed by atoms with van der Waals surface area (Å²) in [6.45, 7) is 4.26. The van der Waals surface area contributed by atoms with E-state index in [4.69, 9.17) is 9.47 Å². The van der Waals surface area contributed by atoms with Crippen molar-refractivity contribution in [3.8, 4) is 0 Å². The molecule has 134 valence electrons. The van der Waals surface area contributed by atoms with Crippen molar-refractivity contribution >= 4 is 28.9 Å². The number of para-hydroxylation sites is 1. The number of fused-ring (bicyclic) bond motifs is 2. The zero-order valence-electron chi connectivity index (χ0n) is 14.7. The van der Waals surface area contributed by atoms with Crippen molar-refractivity contribution in [2.24, 2.45) is 0 Å². The molecule has 1 saturated heterocycles. The molecule has 1 aromatic carbocycles. The van der Waals surface area contributed by atoms with Crippen LogP contribution in [0, 0.1) is 0 Å². The minimum atomic E-state index is -1.46. The number of nitrogens with zero attached hydrogens (tertiary/aromatic N) is 1. The molecule has 0 saturated carbocycles. The maximum absolute atomic E-state index is 13.5. The molecule has 1 fully saturated rings. The third-order valence-corrected chi connectivity index (χ3v) is 6.09. The first-order chi connectivity index (χ1) is 12.5. The summed E-state index contributed by atoms with van der Waals surface area (Å²) in [5.74, 6) is -0.752. The van der Waals surface area contributed by atoms with E-state index in [0.29, 0.717) is 17.5 Å². The lowest BCUT2D eigenvalue weighted by molar-refractivity contribution is -0.181. The fourth-order valence-electron chi connectivity index (χ4n) is 4.28. The number of hydrogen-bond acceptors (Lipinski definition) is 5. The predicted octanol–water partition coefficient (Wildman–Crippen LogP) is 3.01. The molecular weight excluding hydrogens is 350 g/mol. The van der Waals surface area contributed by atoms with E-state index < -0.39 is 17.0 Å². The molecule has 26 heavy (non-hydrogen) atoms. The second-order valence-corrected chi connectivity index (χ2v) is 7.47. The molecule has 4 rings (SSSR count). The Bertz CT molecular complexity index is 906. The van der Waals surface area contributed by atoms with Crippen molar-refractivity contribution in [3.05, 3.63) is 64.4 Å². The van der Waals surface area contributed by atoms with Crippen LogP contribution < -0.4 is 4.90 Å². The van der Waals surface area contributed by atoms with Crippen LogP contribution in [0.2, 0.25) is 0 Å². The van der Waals surface area contributed by atoms with Crippen LogP contribution >= 0.6 is 11.3 Å². The number of carbonyl (C=O) groups is 2. The van der Waals surface area contributed by atoms with E-state index in [9.17, 15) is 9.59 Å². The van der Waals surface area contributed by atoms with Gasteiger partial charge < -0.3 is 14.4 Å². The third kappa shape index (κ3) is 1.88. The number of thiophene rings is 1. The van der Waals surface area contributed by atoms with Gasteiger partial charge in [-0.2, -0.15) is 11.3 Å². The van der Waals surface area contributed by atoms with Crippen LogP contribution in [0.5, 0.6) is 0 Å². The SMILES string of the molecule is C=C1CO[C@@]2(C(=O)N(C)c3ccccc32)[C@](C(=O)OC)(c2ccsc2)C1. The van der Waals surface area contributed by atoms with Crippen molar-refractivity contribution in [1.82, 2.24) is 0 Å². The molecule has 1 spiro atoms. The van der Waals surface area contributed by atoms with Gasteiger partial charge in [-0.25, -0.2) is 0 Å². The van der Waals surface area contributed by atoms with E-state index in [0.717, 1.165) is 11.3 Å². The molecule has 1 aromatic heterocycles. The van der Waals surface area contributed by atoms with Crippen LogP contribution in [0.3, 0.4) is 0 Å². The molecule has 0 aliphatic carbocycles. The second-order valence-electron chi connectivity index (χ2n) is 6.69. The van der Waals surface area contributed by atoms with Gasteiger partial charge >= 0.3 is 5.97 Å². The van der Waals surface area contributed by atoms with E-state index in [1.54, 1.807) is 11.9 Å². The van der Waals surface area contributed by atoms with Crippen LogP contribution in [0.15, 0.2) is 53.2 Å². The summed E-state index contributed by atoms with van der Waals surface area (Å²) in [4.78, 5) is 28.4. The van der Waals surface area contributed by atoms with Crippen LogP contribution in [-0.2, 0) is 30.1 Å². The first-order valence-electron chi connectivity index (χ1n) is 8.28. The average Bonchev–Trinajstić information content (AvgIpc) is 3.27. The fraction of sp³-hybridized carbons (Fsp3) is 0.300. The van der Waals surface area contributed by atoms with Gasteiger partial charge in [-0.1, -0.05) is 30.4 Å². The lowest BCUT2D eigenvalue weighted by Crippen LogP contribution is -2.63. The fourth-order valence-corrected chi connectivity index (χ4v) is 5.01. The molecule has 0 unspecified atom stereocenters. The molecule has 2 atom stereocenters. The maximum Gasteiger partial charge on any atom is 0.320 e. The van der Waals surface area contributed by atoms with Crippen molar-refractivity contribution in [2.75, 3.05) is 25.7 Å². The molecule has 2 aromatic rings. The summed E-state index contributed by atoms with van der Waals surface area (Å²) in [6, 6.07) is 9.31. The van der Waals surface area contributed by atoms with Crippen LogP contribution in [0.4, 0.5) is 5.69 Å². The minimum absolute atomic E-state index is 0.219. The molecule has 0 bridgehead atoms. The molecule has 2 aliphatic heterocycles. The van der Waals surface area contributed by atoms with Gasteiger partial charge in [0.25, 0.3) is 5.91 Å². The number of amides is 1. The van der Waals surface area contributed by atoms with Crippen LogP contribution in [0.1, 0.15) is 17.5 Å². The van der Waals surface area contributed by atoms with E-state index in [-0.39, 0.29) is 12.5 Å². The van der Waals surface area contributed by atoms with Gasteiger partial charge in [0.2, 0.25) is 0 Å². The summed E-state index contributed by atoms with van der Waals surface area (Å²) >= 11 is 1.47. The number of benzene rings is 1. The monoisotopic (exact) mass is 369 g/mol. The Morgan fingerprint density at radius 1 is 1.35 bits per heavy atom. The number of esters is 1. The molecule has 5 nitrogen and oxygen atoms in total. The highest BCUT2D eigenvalue weighted by atomic mass is 32.1. The Morgan fingerprint density at radius 3 is 2.81 bits per heavy atom. The highest BCUT2D eigenvalue weighted by molar-refractivity contribution is 7.08. The number of ether oxygens (including phenoxy) is 2. The van der Waals surface area contributed by atoms with Gasteiger partial charge in [-0.05, 0) is 34.9 Å². The lowest BCUT2D eigenvalue weighted by atomic mass is 9.60. The van der Waals surface area contributed by atoms with Crippen molar-refractivity contribution in [3.63, 3.8) is 0 Å². The van der Waals surface area contributed by atoms with Crippen LogP contribution in [-0.4, -0.2) is 32.6 Å². The minimum Gasteiger partial charge on any atom is -0.468 e. The Labute approximate surface area is 155 Å². The maximum atomic E-state index is 13.5. The van der Waals surface area contributed by atoms with Gasteiger partial charge in [0.1, 0.15) is 5.41 Å². The summed E-state index contributed by atoms with van der Waals surface area (Å²) in [5, 5.41) is 3.77. The second kappa shape index (κ2) is 5.79. The molecule has 0 radical (unpaired) electrons. The molecule has 1 amide bonds. The van der Waals surface area contributed by atoms with E-state index in [1.807, 2.05) is 41.1 Å². The summed E-state index contributed by atoms with van der Waals surface area (Å²) in [7, 11) is 3.05. The van der Waals surface area contributed by atoms with E-state index in [1.165, 1.54) is 18.4 Å². The molecule has 2 aliphatic rings. The van der Waals surface area contributed by atoms with E-state index in [2.05, 4.69) is 6.58 Å². The molecule has 6 heteroatoms. The van der Waals surface area contributed by atoms with Gasteiger partial charge in [0.15, 0.2) is 5.60 Å². The number of rotatable bonds is 2. The van der Waals surface area contributed by atoms with Crippen molar-refractivity contribution < 1.29 is 19.1 Å². The van der Waals surface area contributed by atoms with Gasteiger partial charge in [0.05, 0.1) is 19.4 Å². The Balaban J connectivity index is 2.10. The Kier molecular flexibility index (Phi) is 3.78. The Hall–Kier alpha value is -2.44. The zero-order chi connectivity index (χ0) is 18.5. The Morgan fingerprint density at radius 2 is 2.12 bits per heavy atom. The largest absolute Gasteiger partial charge is 0.468 e. The van der Waals surface area contributed by atoms with Gasteiger partial charge in [-0.15, -0.1) is 0 Å². The first kappa shape index (κ1) is 17.0. The van der Waals surface area contributed by atoms with E-state index >= 15 is 0 Å². The molecule has 0 N–H and O–H groups in total.